The van der Waals surface area contributed by atoms with Gasteiger partial charge in [0.15, 0.2) is 0 Å². The van der Waals surface area contributed by atoms with Gasteiger partial charge in [-0.25, -0.2) is 4.68 Å². The second kappa shape index (κ2) is 5.69. The summed E-state index contributed by atoms with van der Waals surface area (Å²) in [5.41, 5.74) is 2.52. The second-order valence-corrected chi connectivity index (χ2v) is 5.65. The van der Waals surface area contributed by atoms with Crippen molar-refractivity contribution in [3.05, 3.63) is 47.7 Å². The van der Waals surface area contributed by atoms with Crippen LogP contribution in [0.25, 0.3) is 0 Å². The Hall–Kier alpha value is -2.14. The van der Waals surface area contributed by atoms with Gasteiger partial charge < -0.3 is 10.6 Å². The first-order valence-electron chi connectivity index (χ1n) is 7.29. The van der Waals surface area contributed by atoms with Gasteiger partial charge in [-0.15, -0.1) is 0 Å². The van der Waals surface area contributed by atoms with Gasteiger partial charge in [-0.2, -0.15) is 5.10 Å². The molecule has 1 atom stereocenters. The summed E-state index contributed by atoms with van der Waals surface area (Å²) in [4.78, 5) is 12.4. The highest BCUT2D eigenvalue weighted by Gasteiger charge is 2.24. The number of carbonyl (C=O) groups excluding carboxylic acids is 1. The number of aromatic nitrogens is 2. The fraction of sp³-hybridized carbons (Fsp3) is 0.375. The largest absolute Gasteiger partial charge is 0.310 e. The summed E-state index contributed by atoms with van der Waals surface area (Å²) in [6, 6.07) is 10.1. The van der Waals surface area contributed by atoms with Crippen LogP contribution in [0, 0.1) is 0 Å². The van der Waals surface area contributed by atoms with Gasteiger partial charge in [0.2, 0.25) is 5.91 Å². The van der Waals surface area contributed by atoms with E-state index in [9.17, 15) is 4.79 Å². The molecule has 2 heterocycles. The van der Waals surface area contributed by atoms with Crippen molar-refractivity contribution in [2.75, 3.05) is 5.32 Å². The summed E-state index contributed by atoms with van der Waals surface area (Å²) in [7, 11) is 0. The lowest BCUT2D eigenvalue weighted by molar-refractivity contribution is -0.118. The molecular weight excluding hydrogens is 264 g/mol. The minimum absolute atomic E-state index is 0.00750. The third kappa shape index (κ3) is 2.83. The fourth-order valence-electron chi connectivity index (χ4n) is 2.68. The third-order valence-electron chi connectivity index (χ3n) is 3.81. The maximum atomic E-state index is 12.4. The topological polar surface area (TPSA) is 59.0 Å². The van der Waals surface area contributed by atoms with Crippen molar-refractivity contribution < 1.29 is 4.79 Å². The molecule has 1 amide bonds. The molecule has 1 aliphatic heterocycles. The standard InChI is InChI=1S/C16H20N4O/c1-11(2)20-15(7-8-18-20)19-16(21)14-9-12-5-3-4-6-13(12)10-17-14/h3-8,11,14,17H,9-10H2,1-2H3,(H,19,21)/t14-/m0/s1. The lowest BCUT2D eigenvalue weighted by atomic mass is 9.95. The van der Waals surface area contributed by atoms with E-state index in [-0.39, 0.29) is 18.0 Å². The number of hydrogen-bond acceptors (Lipinski definition) is 3. The quantitative estimate of drug-likeness (QED) is 0.907. The SMILES string of the molecule is CC(C)n1nccc1NC(=O)[C@@H]1Cc2ccccc2CN1. The molecule has 21 heavy (non-hydrogen) atoms. The Labute approximate surface area is 124 Å². The van der Waals surface area contributed by atoms with Crippen LogP contribution in [0.15, 0.2) is 36.5 Å². The molecule has 0 unspecified atom stereocenters. The monoisotopic (exact) mass is 284 g/mol. The third-order valence-corrected chi connectivity index (χ3v) is 3.81. The molecule has 1 aromatic heterocycles. The normalized spacial score (nSPS) is 17.6. The Balaban J connectivity index is 1.71. The first-order valence-corrected chi connectivity index (χ1v) is 7.29. The molecule has 1 aliphatic rings. The van der Waals surface area contributed by atoms with E-state index >= 15 is 0 Å². The van der Waals surface area contributed by atoms with E-state index in [1.807, 2.05) is 36.7 Å². The molecule has 0 saturated heterocycles. The van der Waals surface area contributed by atoms with Gasteiger partial charge in [-0.3, -0.25) is 4.79 Å². The van der Waals surface area contributed by atoms with Crippen molar-refractivity contribution in [2.45, 2.75) is 38.9 Å². The lowest BCUT2D eigenvalue weighted by Gasteiger charge is -2.25. The predicted molar refractivity (Wildman–Crippen MR) is 82.0 cm³/mol. The molecule has 5 nitrogen and oxygen atoms in total. The number of nitrogens with one attached hydrogen (secondary N) is 2. The summed E-state index contributed by atoms with van der Waals surface area (Å²) >= 11 is 0. The minimum Gasteiger partial charge on any atom is -0.310 e. The number of nitrogens with zero attached hydrogens (tertiary/aromatic N) is 2. The van der Waals surface area contributed by atoms with Crippen molar-refractivity contribution in [1.82, 2.24) is 15.1 Å². The Morgan fingerprint density at radius 3 is 2.86 bits per heavy atom. The Kier molecular flexibility index (Phi) is 3.75. The van der Waals surface area contributed by atoms with Crippen molar-refractivity contribution in [1.29, 1.82) is 0 Å². The molecule has 5 heteroatoms. The van der Waals surface area contributed by atoms with Gasteiger partial charge >= 0.3 is 0 Å². The maximum Gasteiger partial charge on any atom is 0.243 e. The molecule has 0 bridgehead atoms. The molecule has 2 aromatic rings. The Bertz CT molecular complexity index is 647. The minimum atomic E-state index is -0.199. The highest BCUT2D eigenvalue weighted by atomic mass is 16.2. The van der Waals surface area contributed by atoms with E-state index in [4.69, 9.17) is 0 Å². The van der Waals surface area contributed by atoms with Crippen molar-refractivity contribution in [3.8, 4) is 0 Å². The van der Waals surface area contributed by atoms with Crippen LogP contribution in [-0.4, -0.2) is 21.7 Å². The first kappa shape index (κ1) is 13.8. The summed E-state index contributed by atoms with van der Waals surface area (Å²) < 4.78 is 1.81. The molecule has 3 rings (SSSR count). The number of amides is 1. The van der Waals surface area contributed by atoms with Crippen molar-refractivity contribution in [2.24, 2.45) is 0 Å². The van der Waals surface area contributed by atoms with E-state index in [1.54, 1.807) is 6.20 Å². The van der Waals surface area contributed by atoms with Crippen molar-refractivity contribution >= 4 is 11.7 Å². The number of benzene rings is 1. The van der Waals surface area contributed by atoms with E-state index < -0.39 is 0 Å². The fourth-order valence-corrected chi connectivity index (χ4v) is 2.68. The number of fused-ring (bicyclic) bond motifs is 1. The first-order chi connectivity index (χ1) is 10.1. The van der Waals surface area contributed by atoms with Gasteiger partial charge in [0.1, 0.15) is 5.82 Å². The molecule has 0 spiro atoms. The van der Waals surface area contributed by atoms with E-state index in [0.29, 0.717) is 0 Å². The molecule has 2 N–H and O–H groups in total. The van der Waals surface area contributed by atoms with E-state index in [1.165, 1.54) is 11.1 Å². The zero-order valence-electron chi connectivity index (χ0n) is 12.3. The maximum absolute atomic E-state index is 12.4. The van der Waals surface area contributed by atoms with Crippen LogP contribution in [0.1, 0.15) is 31.0 Å². The van der Waals surface area contributed by atoms with Crippen LogP contribution >= 0.6 is 0 Å². The highest BCUT2D eigenvalue weighted by molar-refractivity contribution is 5.94. The van der Waals surface area contributed by atoms with Crippen LogP contribution in [-0.2, 0) is 17.8 Å². The zero-order chi connectivity index (χ0) is 14.8. The molecule has 0 fully saturated rings. The van der Waals surface area contributed by atoms with Crippen LogP contribution in [0.2, 0.25) is 0 Å². The zero-order valence-corrected chi connectivity index (χ0v) is 12.3. The predicted octanol–water partition coefficient (Wildman–Crippen LogP) is 2.12. The van der Waals surface area contributed by atoms with Gasteiger partial charge in [-0.05, 0) is 31.4 Å². The lowest BCUT2D eigenvalue weighted by Crippen LogP contribution is -2.45. The van der Waals surface area contributed by atoms with Gasteiger partial charge in [-0.1, -0.05) is 24.3 Å². The molecular formula is C16H20N4O. The number of anilines is 1. The number of rotatable bonds is 3. The molecule has 0 aliphatic carbocycles. The van der Waals surface area contributed by atoms with Gasteiger partial charge in [0, 0.05) is 18.7 Å². The molecule has 110 valence electrons. The average molecular weight is 284 g/mol. The Morgan fingerprint density at radius 1 is 1.33 bits per heavy atom. The summed E-state index contributed by atoms with van der Waals surface area (Å²) in [6.07, 6.45) is 2.43. The van der Waals surface area contributed by atoms with E-state index in [2.05, 4.69) is 27.9 Å². The van der Waals surface area contributed by atoms with Crippen LogP contribution in [0.3, 0.4) is 0 Å². The van der Waals surface area contributed by atoms with Crippen LogP contribution in [0.5, 0.6) is 0 Å². The molecule has 0 radical (unpaired) electrons. The van der Waals surface area contributed by atoms with Crippen LogP contribution < -0.4 is 10.6 Å². The van der Waals surface area contributed by atoms with E-state index in [0.717, 1.165) is 18.8 Å². The van der Waals surface area contributed by atoms with Gasteiger partial charge in [0.25, 0.3) is 0 Å². The number of hydrogen-bond donors (Lipinski definition) is 2. The molecule has 1 aromatic carbocycles. The highest BCUT2D eigenvalue weighted by Crippen LogP contribution is 2.18. The van der Waals surface area contributed by atoms with Gasteiger partial charge in [0.05, 0.1) is 12.2 Å². The Morgan fingerprint density at radius 2 is 2.10 bits per heavy atom. The van der Waals surface area contributed by atoms with Crippen LogP contribution in [0.4, 0.5) is 5.82 Å². The smallest absolute Gasteiger partial charge is 0.243 e. The summed E-state index contributed by atoms with van der Waals surface area (Å²) in [5, 5.41) is 10.5. The van der Waals surface area contributed by atoms with Crippen molar-refractivity contribution in [3.63, 3.8) is 0 Å². The summed E-state index contributed by atoms with van der Waals surface area (Å²) in [5.74, 6) is 0.738. The molecule has 0 saturated carbocycles. The summed E-state index contributed by atoms with van der Waals surface area (Å²) in [6.45, 7) is 4.81. The second-order valence-electron chi connectivity index (χ2n) is 5.65. The average Bonchev–Trinajstić information content (AvgIpc) is 2.95. The number of carbonyl (C=O) groups is 1.